The van der Waals surface area contributed by atoms with Crippen molar-refractivity contribution in [2.45, 2.75) is 13.8 Å². The molecule has 0 aliphatic heterocycles. The second kappa shape index (κ2) is 8.81. The SMILES string of the molecule is CCOC(=O)/C=C/c1ccc(NC(=O)c2ccc(-n3cc(C)cn3)cc2)cc1. The Balaban J connectivity index is 1.62. The molecular formula is C22H21N3O3. The molecule has 1 N–H and O–H groups in total. The monoisotopic (exact) mass is 375 g/mol. The van der Waals surface area contributed by atoms with Crippen molar-refractivity contribution in [1.29, 1.82) is 0 Å². The molecule has 1 heterocycles. The van der Waals surface area contributed by atoms with E-state index in [9.17, 15) is 9.59 Å². The molecular weight excluding hydrogens is 354 g/mol. The Morgan fingerprint density at radius 1 is 1.11 bits per heavy atom. The minimum absolute atomic E-state index is 0.196. The summed E-state index contributed by atoms with van der Waals surface area (Å²) < 4.78 is 6.60. The average Bonchev–Trinajstić information content (AvgIpc) is 3.14. The summed E-state index contributed by atoms with van der Waals surface area (Å²) in [6.07, 6.45) is 6.75. The molecule has 0 unspecified atom stereocenters. The van der Waals surface area contributed by atoms with Crippen molar-refractivity contribution in [3.63, 3.8) is 0 Å². The molecule has 0 saturated carbocycles. The number of hydrogen-bond acceptors (Lipinski definition) is 4. The Morgan fingerprint density at radius 2 is 1.82 bits per heavy atom. The second-order valence-corrected chi connectivity index (χ2v) is 6.17. The number of anilines is 1. The zero-order chi connectivity index (χ0) is 19.9. The summed E-state index contributed by atoms with van der Waals surface area (Å²) in [5.74, 6) is -0.577. The van der Waals surface area contributed by atoms with E-state index in [4.69, 9.17) is 4.74 Å². The first-order chi connectivity index (χ1) is 13.5. The number of esters is 1. The fourth-order valence-corrected chi connectivity index (χ4v) is 2.56. The van der Waals surface area contributed by atoms with Crippen molar-refractivity contribution in [3.8, 4) is 5.69 Å². The van der Waals surface area contributed by atoms with Crippen molar-refractivity contribution in [2.24, 2.45) is 0 Å². The van der Waals surface area contributed by atoms with Crippen LogP contribution in [0.1, 0.15) is 28.4 Å². The molecule has 28 heavy (non-hydrogen) atoms. The van der Waals surface area contributed by atoms with E-state index in [1.807, 2.05) is 37.4 Å². The number of benzene rings is 2. The Kier molecular flexibility index (Phi) is 6.01. The Morgan fingerprint density at radius 3 is 2.43 bits per heavy atom. The van der Waals surface area contributed by atoms with Crippen LogP contribution in [-0.2, 0) is 9.53 Å². The minimum Gasteiger partial charge on any atom is -0.463 e. The first-order valence-corrected chi connectivity index (χ1v) is 8.93. The topological polar surface area (TPSA) is 73.2 Å². The molecule has 0 atom stereocenters. The minimum atomic E-state index is -0.381. The number of aromatic nitrogens is 2. The summed E-state index contributed by atoms with van der Waals surface area (Å²) in [5.41, 5.74) is 4.03. The number of rotatable bonds is 6. The first-order valence-electron chi connectivity index (χ1n) is 8.93. The van der Waals surface area contributed by atoms with Gasteiger partial charge in [-0.1, -0.05) is 12.1 Å². The zero-order valence-electron chi connectivity index (χ0n) is 15.8. The largest absolute Gasteiger partial charge is 0.463 e. The highest BCUT2D eigenvalue weighted by molar-refractivity contribution is 6.04. The molecule has 0 fully saturated rings. The molecule has 6 heteroatoms. The van der Waals surface area contributed by atoms with Gasteiger partial charge in [0.2, 0.25) is 0 Å². The van der Waals surface area contributed by atoms with Gasteiger partial charge in [0, 0.05) is 23.5 Å². The van der Waals surface area contributed by atoms with Gasteiger partial charge in [-0.25, -0.2) is 9.48 Å². The molecule has 0 aliphatic rings. The van der Waals surface area contributed by atoms with Crippen LogP contribution < -0.4 is 5.32 Å². The Hall–Kier alpha value is -3.67. The van der Waals surface area contributed by atoms with Crippen LogP contribution in [0.25, 0.3) is 11.8 Å². The molecule has 2 aromatic carbocycles. The van der Waals surface area contributed by atoms with Gasteiger partial charge in [0.15, 0.2) is 0 Å². The Bertz CT molecular complexity index is 987. The fraction of sp³-hybridized carbons (Fsp3) is 0.136. The third kappa shape index (κ3) is 4.94. The highest BCUT2D eigenvalue weighted by Gasteiger charge is 2.07. The van der Waals surface area contributed by atoms with E-state index in [2.05, 4.69) is 10.4 Å². The van der Waals surface area contributed by atoms with Gasteiger partial charge in [0.25, 0.3) is 5.91 Å². The molecule has 0 radical (unpaired) electrons. The summed E-state index contributed by atoms with van der Waals surface area (Å²) >= 11 is 0. The van der Waals surface area contributed by atoms with Gasteiger partial charge in [-0.15, -0.1) is 0 Å². The van der Waals surface area contributed by atoms with Crippen LogP contribution in [0.5, 0.6) is 0 Å². The number of carbonyl (C=O) groups is 2. The van der Waals surface area contributed by atoms with Gasteiger partial charge < -0.3 is 10.1 Å². The van der Waals surface area contributed by atoms with Crippen LogP contribution in [-0.4, -0.2) is 28.3 Å². The number of carbonyl (C=O) groups excluding carboxylic acids is 2. The lowest BCUT2D eigenvalue weighted by Gasteiger charge is -2.07. The van der Waals surface area contributed by atoms with Crippen LogP contribution in [0, 0.1) is 6.92 Å². The smallest absolute Gasteiger partial charge is 0.330 e. The molecule has 142 valence electrons. The van der Waals surface area contributed by atoms with E-state index >= 15 is 0 Å². The number of hydrogen-bond donors (Lipinski definition) is 1. The molecule has 0 bridgehead atoms. The number of ether oxygens (including phenoxy) is 1. The maximum Gasteiger partial charge on any atom is 0.330 e. The third-order valence-corrected chi connectivity index (χ3v) is 3.97. The molecule has 6 nitrogen and oxygen atoms in total. The van der Waals surface area contributed by atoms with E-state index in [0.717, 1.165) is 16.8 Å². The van der Waals surface area contributed by atoms with E-state index in [-0.39, 0.29) is 11.9 Å². The zero-order valence-corrected chi connectivity index (χ0v) is 15.8. The number of nitrogens with zero attached hydrogens (tertiary/aromatic N) is 2. The maximum absolute atomic E-state index is 12.4. The van der Waals surface area contributed by atoms with Crippen molar-refractivity contribution in [2.75, 3.05) is 11.9 Å². The summed E-state index contributed by atoms with van der Waals surface area (Å²) in [4.78, 5) is 23.8. The van der Waals surface area contributed by atoms with E-state index < -0.39 is 0 Å². The fourth-order valence-electron chi connectivity index (χ4n) is 2.56. The lowest BCUT2D eigenvalue weighted by atomic mass is 10.1. The quantitative estimate of drug-likeness (QED) is 0.522. The molecule has 0 spiro atoms. The van der Waals surface area contributed by atoms with Crippen molar-refractivity contribution >= 4 is 23.6 Å². The Labute approximate surface area is 163 Å². The van der Waals surface area contributed by atoms with Gasteiger partial charge in [-0.3, -0.25) is 4.79 Å². The van der Waals surface area contributed by atoms with E-state index in [1.54, 1.807) is 48.1 Å². The first kappa shape index (κ1) is 19.1. The van der Waals surface area contributed by atoms with Gasteiger partial charge in [-0.2, -0.15) is 5.10 Å². The van der Waals surface area contributed by atoms with E-state index in [1.165, 1.54) is 6.08 Å². The molecule has 1 amide bonds. The van der Waals surface area contributed by atoms with Crippen molar-refractivity contribution in [1.82, 2.24) is 9.78 Å². The molecule has 1 aromatic heterocycles. The predicted octanol–water partition coefficient (Wildman–Crippen LogP) is 4.01. The summed E-state index contributed by atoms with van der Waals surface area (Å²) in [6.45, 7) is 4.08. The van der Waals surface area contributed by atoms with Crippen LogP contribution >= 0.6 is 0 Å². The van der Waals surface area contributed by atoms with Gasteiger partial charge in [0.05, 0.1) is 18.5 Å². The number of aryl methyl sites for hydroxylation is 1. The summed E-state index contributed by atoms with van der Waals surface area (Å²) in [7, 11) is 0. The standard InChI is InChI=1S/C22H21N3O3/c1-3-28-21(26)13-6-17-4-9-19(10-5-17)24-22(27)18-7-11-20(12-8-18)25-15-16(2)14-23-25/h4-15H,3H2,1-2H3,(H,24,27)/b13-6+. The highest BCUT2D eigenvalue weighted by Crippen LogP contribution is 2.14. The predicted molar refractivity (Wildman–Crippen MR) is 108 cm³/mol. The second-order valence-electron chi connectivity index (χ2n) is 6.17. The molecule has 0 saturated heterocycles. The summed E-state index contributed by atoms with van der Waals surface area (Å²) in [6, 6.07) is 14.4. The van der Waals surface area contributed by atoms with Crippen LogP contribution in [0.2, 0.25) is 0 Å². The molecule has 3 aromatic rings. The van der Waals surface area contributed by atoms with Crippen molar-refractivity contribution in [3.05, 3.63) is 83.7 Å². The van der Waals surface area contributed by atoms with Gasteiger partial charge in [-0.05, 0) is 67.4 Å². The average molecular weight is 375 g/mol. The lowest BCUT2D eigenvalue weighted by molar-refractivity contribution is -0.137. The molecule has 3 rings (SSSR count). The number of nitrogens with one attached hydrogen (secondary N) is 1. The van der Waals surface area contributed by atoms with Crippen LogP contribution in [0.3, 0.4) is 0 Å². The van der Waals surface area contributed by atoms with Crippen LogP contribution in [0.15, 0.2) is 67.0 Å². The normalized spacial score (nSPS) is 10.8. The van der Waals surface area contributed by atoms with Crippen molar-refractivity contribution < 1.29 is 14.3 Å². The molecule has 0 aliphatic carbocycles. The number of amides is 1. The van der Waals surface area contributed by atoms with Gasteiger partial charge in [0.1, 0.15) is 0 Å². The third-order valence-electron chi connectivity index (χ3n) is 3.97. The highest BCUT2D eigenvalue weighted by atomic mass is 16.5. The maximum atomic E-state index is 12.4. The lowest BCUT2D eigenvalue weighted by Crippen LogP contribution is -2.11. The van der Waals surface area contributed by atoms with E-state index in [0.29, 0.717) is 17.9 Å². The van der Waals surface area contributed by atoms with Gasteiger partial charge >= 0.3 is 5.97 Å². The summed E-state index contributed by atoms with van der Waals surface area (Å²) in [5, 5.41) is 7.11. The van der Waals surface area contributed by atoms with Crippen LogP contribution in [0.4, 0.5) is 5.69 Å².